The van der Waals surface area contributed by atoms with Crippen LogP contribution in [-0.2, 0) is 24.0 Å². The Hall–Kier alpha value is -3.26. The van der Waals surface area contributed by atoms with E-state index in [4.69, 9.17) is 21.3 Å². The fourth-order valence-corrected chi connectivity index (χ4v) is 7.33. The summed E-state index contributed by atoms with van der Waals surface area (Å²) in [5.74, 6) is -0.00999. The molecule has 2 aliphatic rings. The lowest BCUT2D eigenvalue weighted by atomic mass is 9.97. The summed E-state index contributed by atoms with van der Waals surface area (Å²) in [6.45, 7) is 6.41. The van der Waals surface area contributed by atoms with Gasteiger partial charge in [-0.1, -0.05) is 55.8 Å². The van der Waals surface area contributed by atoms with Gasteiger partial charge in [0.15, 0.2) is 0 Å². The smallest absolute Gasteiger partial charge is 0.265 e. The second kappa shape index (κ2) is 13.2. The summed E-state index contributed by atoms with van der Waals surface area (Å²) in [4.78, 5) is 36.1. The van der Waals surface area contributed by atoms with Crippen molar-refractivity contribution in [3.63, 3.8) is 0 Å². The lowest BCUT2D eigenvalue weighted by Gasteiger charge is -2.29. The Balaban J connectivity index is 1.61. The van der Waals surface area contributed by atoms with Gasteiger partial charge in [0.25, 0.3) is 11.5 Å². The van der Waals surface area contributed by atoms with Crippen molar-refractivity contribution in [2.24, 2.45) is 0 Å². The molecule has 1 atom stereocenters. The number of nitrogens with zero attached hydrogens (tertiary/aromatic N) is 3. The first-order chi connectivity index (χ1) is 21.0. The number of likely N-dealkylation sites (tertiary alicyclic amines) is 1. The molecule has 43 heavy (non-hydrogen) atoms. The van der Waals surface area contributed by atoms with E-state index in [0.717, 1.165) is 91.8 Å². The number of carbonyl (C=O) groups is 1. The third-order valence-corrected chi connectivity index (χ3v) is 9.81. The van der Waals surface area contributed by atoms with Crippen LogP contribution in [-0.4, -0.2) is 46.2 Å². The maximum Gasteiger partial charge on any atom is 0.265 e. The summed E-state index contributed by atoms with van der Waals surface area (Å²) in [6.07, 6.45) is 7.05. The van der Waals surface area contributed by atoms with E-state index in [-0.39, 0.29) is 17.6 Å². The number of rotatable bonds is 8. The first-order valence-corrected chi connectivity index (χ1v) is 16.8. The van der Waals surface area contributed by atoms with Crippen LogP contribution >= 0.6 is 22.9 Å². The van der Waals surface area contributed by atoms with Gasteiger partial charge in [0, 0.05) is 47.8 Å². The van der Waals surface area contributed by atoms with Gasteiger partial charge in [-0.3, -0.25) is 14.2 Å². The number of amides is 1. The predicted molar refractivity (Wildman–Crippen MR) is 175 cm³/mol. The Kier molecular flexibility index (Phi) is 9.12. The number of thiazole rings is 1. The fraction of sp³-hybridized carbons (Fsp3) is 0.400. The molecule has 6 rings (SSSR count). The lowest BCUT2D eigenvalue weighted by molar-refractivity contribution is 0.0719. The van der Waals surface area contributed by atoms with Gasteiger partial charge in [-0.15, -0.1) is 11.3 Å². The van der Waals surface area contributed by atoms with Crippen LogP contribution in [0.1, 0.15) is 73.1 Å². The van der Waals surface area contributed by atoms with Gasteiger partial charge in [-0.05, 0) is 74.3 Å². The van der Waals surface area contributed by atoms with Gasteiger partial charge in [0.1, 0.15) is 5.01 Å². The number of piperidine rings is 1. The van der Waals surface area contributed by atoms with Gasteiger partial charge in [0.05, 0.1) is 28.6 Å². The van der Waals surface area contributed by atoms with E-state index < -0.39 is 0 Å². The van der Waals surface area contributed by atoms with E-state index in [1.165, 1.54) is 11.3 Å². The number of pyridine rings is 1. The van der Waals surface area contributed by atoms with Gasteiger partial charge in [0.2, 0.25) is 0 Å². The average molecular weight is 616 g/mol. The van der Waals surface area contributed by atoms with Crippen LogP contribution in [0.3, 0.4) is 0 Å². The number of hydrogen-bond acceptors (Lipinski definition) is 5. The highest BCUT2D eigenvalue weighted by Gasteiger charge is 2.30. The average Bonchev–Trinajstić information content (AvgIpc) is 3.75. The van der Waals surface area contributed by atoms with Crippen molar-refractivity contribution in [1.82, 2.24) is 14.5 Å². The predicted octanol–water partition coefficient (Wildman–Crippen LogP) is 7.75. The topological polar surface area (TPSA) is 64.4 Å². The lowest BCUT2D eigenvalue weighted by Crippen LogP contribution is -2.38. The third kappa shape index (κ3) is 6.08. The molecule has 2 fully saturated rings. The summed E-state index contributed by atoms with van der Waals surface area (Å²) in [6, 6.07) is 15.6. The molecular formula is C35H38ClN3O3S. The fourth-order valence-electron chi connectivity index (χ4n) is 6.37. The molecule has 8 heteroatoms. The van der Waals surface area contributed by atoms with Crippen LogP contribution in [0, 0.1) is 0 Å². The highest BCUT2D eigenvalue weighted by molar-refractivity contribution is 7.13. The maximum absolute atomic E-state index is 14.8. The minimum atomic E-state index is -0.143. The molecule has 6 nitrogen and oxygen atoms in total. The minimum absolute atomic E-state index is 0.00999. The zero-order chi connectivity index (χ0) is 29.9. The molecule has 0 aliphatic carbocycles. The van der Waals surface area contributed by atoms with Crippen molar-refractivity contribution in [3.8, 4) is 27.5 Å². The summed E-state index contributed by atoms with van der Waals surface area (Å²) < 4.78 is 7.95. The zero-order valence-corrected chi connectivity index (χ0v) is 26.5. The number of carbonyl (C=O) groups excluding carboxylic acids is 1. The Labute approximate surface area is 262 Å². The van der Waals surface area contributed by atoms with Crippen LogP contribution < -0.4 is 5.56 Å². The second-order valence-corrected chi connectivity index (χ2v) is 12.7. The van der Waals surface area contributed by atoms with E-state index in [9.17, 15) is 9.59 Å². The highest BCUT2D eigenvalue weighted by Crippen LogP contribution is 2.33. The Morgan fingerprint density at radius 3 is 2.40 bits per heavy atom. The molecule has 0 spiro atoms. The monoisotopic (exact) mass is 615 g/mol. The number of aromatic nitrogens is 2. The molecule has 2 aromatic carbocycles. The van der Waals surface area contributed by atoms with E-state index in [0.29, 0.717) is 34.2 Å². The zero-order valence-electron chi connectivity index (χ0n) is 24.9. The number of ether oxygens (including phenoxy) is 1. The molecule has 4 heterocycles. The van der Waals surface area contributed by atoms with Crippen molar-refractivity contribution in [2.45, 2.75) is 71.3 Å². The molecule has 2 saturated heterocycles. The Morgan fingerprint density at radius 2 is 1.74 bits per heavy atom. The molecule has 0 radical (unpaired) electrons. The highest BCUT2D eigenvalue weighted by atomic mass is 35.5. The summed E-state index contributed by atoms with van der Waals surface area (Å²) >= 11 is 7.55. The van der Waals surface area contributed by atoms with E-state index in [1.807, 2.05) is 45.2 Å². The SMILES string of the molecule is CCc1cccc(CC)c1-n1c(CC2CCCO2)c(C(=O)N2CCCCC2)cc(-c2nc(-c3ccc(Cl)cc3)cs2)c1=O. The Bertz CT molecular complexity index is 1640. The van der Waals surface area contributed by atoms with Gasteiger partial charge in [-0.25, -0.2) is 4.98 Å². The van der Waals surface area contributed by atoms with Crippen molar-refractivity contribution in [2.75, 3.05) is 19.7 Å². The third-order valence-electron chi connectivity index (χ3n) is 8.68. The van der Waals surface area contributed by atoms with E-state index in [2.05, 4.69) is 32.0 Å². The molecule has 0 N–H and O–H groups in total. The molecule has 0 bridgehead atoms. The Morgan fingerprint density at radius 1 is 1.02 bits per heavy atom. The molecule has 224 valence electrons. The number of para-hydroxylation sites is 1. The van der Waals surface area contributed by atoms with Crippen LogP contribution in [0.15, 0.2) is 58.7 Å². The van der Waals surface area contributed by atoms with Crippen LogP contribution in [0.4, 0.5) is 0 Å². The minimum Gasteiger partial charge on any atom is -0.378 e. The molecule has 1 unspecified atom stereocenters. The first kappa shape index (κ1) is 29.8. The number of aryl methyl sites for hydroxylation is 2. The standard InChI is InChI=1S/C35H38ClN3O3S/c1-3-23-10-8-11-24(4-2)32(23)39-31(20-27-12-9-19-42-27)28(34(40)38-17-6-5-7-18-38)21-29(35(39)41)33-37-30(22-43-33)25-13-15-26(36)16-14-25/h8,10-11,13-16,21-22,27H,3-7,9,12,17-20H2,1-2H3. The van der Waals surface area contributed by atoms with Gasteiger partial charge in [-0.2, -0.15) is 0 Å². The largest absolute Gasteiger partial charge is 0.378 e. The van der Waals surface area contributed by atoms with E-state index in [1.54, 1.807) is 0 Å². The molecular weight excluding hydrogens is 578 g/mol. The molecule has 2 aromatic heterocycles. The molecule has 1 amide bonds. The molecule has 0 saturated carbocycles. The van der Waals surface area contributed by atoms with Gasteiger partial charge >= 0.3 is 0 Å². The normalized spacial score (nSPS) is 17.0. The first-order valence-electron chi connectivity index (χ1n) is 15.5. The number of benzene rings is 2. The molecule has 2 aliphatic heterocycles. The quantitative estimate of drug-likeness (QED) is 0.203. The summed E-state index contributed by atoms with van der Waals surface area (Å²) in [5.41, 5.74) is 6.42. The maximum atomic E-state index is 14.8. The molecule has 4 aromatic rings. The summed E-state index contributed by atoms with van der Waals surface area (Å²) in [7, 11) is 0. The number of hydrogen-bond donors (Lipinski definition) is 0. The number of halogens is 1. The second-order valence-electron chi connectivity index (χ2n) is 11.4. The van der Waals surface area contributed by atoms with Crippen LogP contribution in [0.2, 0.25) is 5.02 Å². The summed E-state index contributed by atoms with van der Waals surface area (Å²) in [5, 5.41) is 3.23. The van der Waals surface area contributed by atoms with Crippen molar-refractivity contribution < 1.29 is 9.53 Å². The van der Waals surface area contributed by atoms with Crippen LogP contribution in [0.25, 0.3) is 27.5 Å². The van der Waals surface area contributed by atoms with Crippen molar-refractivity contribution in [1.29, 1.82) is 0 Å². The van der Waals surface area contributed by atoms with Crippen molar-refractivity contribution >= 4 is 28.8 Å². The van der Waals surface area contributed by atoms with Crippen LogP contribution in [0.5, 0.6) is 0 Å². The van der Waals surface area contributed by atoms with Gasteiger partial charge < -0.3 is 9.64 Å². The van der Waals surface area contributed by atoms with Crippen molar-refractivity contribution in [3.05, 3.63) is 91.7 Å². The van der Waals surface area contributed by atoms with E-state index >= 15 is 0 Å².